The molecule has 0 spiro atoms. The van der Waals surface area contributed by atoms with Gasteiger partial charge in [0.25, 0.3) is 0 Å². The average molecular weight is 722 g/mol. The third-order valence-corrected chi connectivity index (χ3v) is 14.1. The molecule has 1 aromatic heterocycles. The predicted octanol–water partition coefficient (Wildman–Crippen LogP) is 8.54. The van der Waals surface area contributed by atoms with Crippen molar-refractivity contribution in [3.05, 3.63) is 132 Å². The Kier molecular flexibility index (Phi) is 11.2. The minimum atomic E-state index is -0.138. The molecule has 10 rings (SSSR count). The second-order valence-electron chi connectivity index (χ2n) is 16.9. The first kappa shape index (κ1) is 36.9. The summed E-state index contributed by atoms with van der Waals surface area (Å²) in [6.07, 6.45) is 17.0. The van der Waals surface area contributed by atoms with Crippen molar-refractivity contribution in [3.63, 3.8) is 0 Å². The Bertz CT molecular complexity index is 1790. The summed E-state index contributed by atoms with van der Waals surface area (Å²) in [4.78, 5) is 12.2. The van der Waals surface area contributed by atoms with Gasteiger partial charge in [-0.2, -0.15) is 5.26 Å². The van der Waals surface area contributed by atoms with Gasteiger partial charge in [-0.05, 0) is 106 Å². The number of nitrogens with one attached hydrogen (secondary N) is 1. The fraction of sp³-hybridized carbons (Fsp3) is 0.489. The van der Waals surface area contributed by atoms with Crippen LogP contribution in [0.1, 0.15) is 93.7 Å². The summed E-state index contributed by atoms with van der Waals surface area (Å²) in [6.45, 7) is 4.95. The highest BCUT2D eigenvalue weighted by atomic mass is 15.3. The molecule has 7 nitrogen and oxygen atoms in total. The van der Waals surface area contributed by atoms with E-state index in [-0.39, 0.29) is 5.54 Å². The smallest absolute Gasteiger partial charge is 0.125 e. The van der Waals surface area contributed by atoms with E-state index >= 15 is 0 Å². The zero-order valence-corrected chi connectivity index (χ0v) is 32.0. The molecule has 6 saturated heterocycles. The van der Waals surface area contributed by atoms with Gasteiger partial charge < -0.3 is 11.1 Å². The third-order valence-electron chi connectivity index (χ3n) is 14.1. The van der Waals surface area contributed by atoms with Crippen molar-refractivity contribution in [2.45, 2.75) is 131 Å². The topological polar surface area (TPSA) is 84.5 Å². The molecule has 6 fully saturated rings. The van der Waals surface area contributed by atoms with Crippen molar-refractivity contribution >= 4 is 5.82 Å². The van der Waals surface area contributed by atoms with E-state index in [0.29, 0.717) is 17.1 Å². The van der Waals surface area contributed by atoms with E-state index in [1.807, 2.05) is 24.4 Å². The molecular formula is C47H59N7. The number of benzene rings is 3. The second-order valence-corrected chi connectivity index (χ2v) is 16.9. The lowest BCUT2D eigenvalue weighted by molar-refractivity contribution is 0.152. The van der Waals surface area contributed by atoms with Gasteiger partial charge in [0.15, 0.2) is 0 Å². The fourth-order valence-corrected chi connectivity index (χ4v) is 11.0. The first-order valence-corrected chi connectivity index (χ1v) is 20.7. The van der Waals surface area contributed by atoms with E-state index < -0.39 is 0 Å². The molecule has 3 aromatic carbocycles. The number of hydrogen-bond acceptors (Lipinski definition) is 7. The standard InChI is InChI=1S/C19H23N3.C14H20N2.C14H16N2/c1-2-6-16(7-3-1)14-22-17-9-11-19(22,12-10-17)15-21-18-8-4-5-13-20-18;2*15-11-14-8-6-13(7-9-14)16(14)10-12-4-2-1-3-5-12/h1-8,13,17H,9-12,14-15H2,(H,20,21);1-5,13H,6-11,15H2;1-5,13H,6-10H2. The monoisotopic (exact) mass is 721 g/mol. The van der Waals surface area contributed by atoms with Crippen LogP contribution in [0, 0.1) is 11.3 Å². The van der Waals surface area contributed by atoms with Crippen LogP contribution in [0.3, 0.4) is 0 Å². The quantitative estimate of drug-likeness (QED) is 0.170. The van der Waals surface area contributed by atoms with Crippen molar-refractivity contribution in [2.24, 2.45) is 5.73 Å². The summed E-state index contributed by atoms with van der Waals surface area (Å²) in [6, 6.07) is 43.0. The number of fused-ring (bicyclic) bond motifs is 6. The first-order valence-electron chi connectivity index (χ1n) is 20.7. The molecule has 0 amide bonds. The molecular weight excluding hydrogens is 663 g/mol. The molecule has 6 aliphatic heterocycles. The highest BCUT2D eigenvalue weighted by molar-refractivity contribution is 5.35. The minimum absolute atomic E-state index is 0.138. The van der Waals surface area contributed by atoms with Gasteiger partial charge in [0.05, 0.1) is 6.07 Å². The number of nitriles is 1. The summed E-state index contributed by atoms with van der Waals surface area (Å²) < 4.78 is 0. The number of rotatable bonds is 10. The van der Waals surface area contributed by atoms with Gasteiger partial charge in [-0.1, -0.05) is 97.1 Å². The molecule has 0 unspecified atom stereocenters. The SMILES string of the molecule is N#CC12CCC(CC1)N2Cc1ccccc1.NCC12CCC(CC1)N2Cc1ccccc1.c1ccc(CN2C3CCC2(CNc2ccccn2)CC3)cc1. The van der Waals surface area contributed by atoms with Crippen LogP contribution in [0.4, 0.5) is 5.82 Å². The maximum atomic E-state index is 9.40. The van der Waals surface area contributed by atoms with Crippen LogP contribution >= 0.6 is 0 Å². The molecule has 0 saturated carbocycles. The molecule has 7 heterocycles. The number of pyridine rings is 1. The average Bonchev–Trinajstić information content (AvgIpc) is 4.09. The molecule has 282 valence electrons. The van der Waals surface area contributed by atoms with Crippen LogP contribution in [0.2, 0.25) is 0 Å². The molecule has 0 radical (unpaired) electrons. The lowest BCUT2D eigenvalue weighted by Crippen LogP contribution is -2.46. The Balaban J connectivity index is 0.000000117. The number of aromatic nitrogens is 1. The normalized spacial score (nSPS) is 30.7. The van der Waals surface area contributed by atoms with Crippen molar-refractivity contribution < 1.29 is 0 Å². The van der Waals surface area contributed by atoms with Gasteiger partial charge in [-0.15, -0.1) is 0 Å². The fourth-order valence-electron chi connectivity index (χ4n) is 11.0. The van der Waals surface area contributed by atoms with Crippen LogP contribution in [-0.4, -0.2) is 67.5 Å². The van der Waals surface area contributed by atoms with Crippen LogP contribution in [0.15, 0.2) is 115 Å². The number of nitrogens with zero attached hydrogens (tertiary/aromatic N) is 5. The molecule has 6 bridgehead atoms. The van der Waals surface area contributed by atoms with E-state index in [1.165, 1.54) is 80.9 Å². The number of nitrogens with two attached hydrogens (primary N) is 1. The Labute approximate surface area is 323 Å². The summed E-state index contributed by atoms with van der Waals surface area (Å²) in [5, 5.41) is 13.0. The molecule has 4 aromatic rings. The summed E-state index contributed by atoms with van der Waals surface area (Å²) >= 11 is 0. The van der Waals surface area contributed by atoms with Crippen LogP contribution in [-0.2, 0) is 19.6 Å². The van der Waals surface area contributed by atoms with E-state index in [4.69, 9.17) is 5.73 Å². The first-order chi connectivity index (χ1) is 26.5. The summed E-state index contributed by atoms with van der Waals surface area (Å²) in [7, 11) is 0. The lowest BCUT2D eigenvalue weighted by Gasteiger charge is -2.35. The van der Waals surface area contributed by atoms with Crippen LogP contribution in [0.25, 0.3) is 0 Å². The van der Waals surface area contributed by atoms with Crippen molar-refractivity contribution in [3.8, 4) is 6.07 Å². The minimum Gasteiger partial charge on any atom is -0.368 e. The zero-order valence-electron chi connectivity index (χ0n) is 32.0. The van der Waals surface area contributed by atoms with E-state index in [9.17, 15) is 5.26 Å². The van der Waals surface area contributed by atoms with Crippen molar-refractivity contribution in [2.75, 3.05) is 18.4 Å². The summed E-state index contributed by atoms with van der Waals surface area (Å²) in [5.74, 6) is 0.992. The predicted molar refractivity (Wildman–Crippen MR) is 218 cm³/mol. The van der Waals surface area contributed by atoms with Crippen molar-refractivity contribution in [1.29, 1.82) is 5.26 Å². The van der Waals surface area contributed by atoms with Crippen molar-refractivity contribution in [1.82, 2.24) is 19.7 Å². The Morgan fingerprint density at radius 3 is 1.46 bits per heavy atom. The molecule has 3 N–H and O–H groups in total. The Morgan fingerprint density at radius 1 is 0.574 bits per heavy atom. The molecule has 0 atom stereocenters. The highest BCUT2D eigenvalue weighted by Gasteiger charge is 2.53. The number of anilines is 1. The number of hydrogen-bond donors (Lipinski definition) is 2. The van der Waals surface area contributed by atoms with Crippen LogP contribution in [0.5, 0.6) is 0 Å². The largest absolute Gasteiger partial charge is 0.368 e. The third kappa shape index (κ3) is 7.59. The van der Waals surface area contributed by atoms with E-state index in [1.54, 1.807) is 0 Å². The summed E-state index contributed by atoms with van der Waals surface area (Å²) in [5.41, 5.74) is 10.7. The maximum Gasteiger partial charge on any atom is 0.125 e. The van der Waals surface area contributed by atoms with Gasteiger partial charge >= 0.3 is 0 Å². The van der Waals surface area contributed by atoms with Gasteiger partial charge in [0, 0.05) is 68.1 Å². The molecule has 6 aliphatic rings. The zero-order chi connectivity index (χ0) is 36.9. The van der Waals surface area contributed by atoms with Gasteiger partial charge in [0.2, 0.25) is 0 Å². The Morgan fingerprint density at radius 2 is 1.00 bits per heavy atom. The molecule has 54 heavy (non-hydrogen) atoms. The van der Waals surface area contributed by atoms with Gasteiger partial charge in [0.1, 0.15) is 11.4 Å². The lowest BCUT2D eigenvalue weighted by atomic mass is 9.87. The van der Waals surface area contributed by atoms with E-state index in [0.717, 1.165) is 63.5 Å². The van der Waals surface area contributed by atoms with Gasteiger partial charge in [-0.25, -0.2) is 4.98 Å². The maximum absolute atomic E-state index is 9.40. The Hall–Kier alpha value is -4.06. The molecule has 7 heteroatoms. The highest BCUT2D eigenvalue weighted by Crippen LogP contribution is 2.49. The van der Waals surface area contributed by atoms with Gasteiger partial charge in [-0.3, -0.25) is 14.7 Å². The second kappa shape index (κ2) is 16.4. The van der Waals surface area contributed by atoms with E-state index in [2.05, 4.69) is 122 Å². The molecule has 0 aliphatic carbocycles. The van der Waals surface area contributed by atoms with Crippen LogP contribution < -0.4 is 11.1 Å².